The number of carbonyl (C=O) groups is 1. The molecule has 0 aromatic carbocycles. The molecule has 1 N–H and O–H groups in total. The fraction of sp³-hybridized carbons (Fsp3) is 0.917. The van der Waals surface area contributed by atoms with Crippen LogP contribution in [0.15, 0.2) is 0 Å². The van der Waals surface area contributed by atoms with Gasteiger partial charge in [0.1, 0.15) is 0 Å². The maximum absolute atomic E-state index is 11.7. The summed E-state index contributed by atoms with van der Waals surface area (Å²) < 4.78 is 0. The summed E-state index contributed by atoms with van der Waals surface area (Å²) in [6.07, 6.45) is 7.29. The number of rotatable bonds is 4. The van der Waals surface area contributed by atoms with Crippen molar-refractivity contribution in [1.82, 2.24) is 10.2 Å². The number of hydrogen-bond donors (Lipinski definition) is 1. The third-order valence-corrected chi connectivity index (χ3v) is 3.53. The molecule has 1 aliphatic carbocycles. The molecule has 1 atom stereocenters. The van der Waals surface area contributed by atoms with Gasteiger partial charge in [-0.3, -0.25) is 4.79 Å². The zero-order valence-corrected chi connectivity index (χ0v) is 9.67. The quantitative estimate of drug-likeness (QED) is 0.760. The van der Waals surface area contributed by atoms with Gasteiger partial charge in [-0.15, -0.1) is 0 Å². The second-order valence-electron chi connectivity index (χ2n) is 4.97. The van der Waals surface area contributed by atoms with E-state index in [1.807, 2.05) is 11.9 Å². The Morgan fingerprint density at radius 2 is 2.13 bits per heavy atom. The predicted octanol–water partition coefficient (Wildman–Crippen LogP) is 1.39. The van der Waals surface area contributed by atoms with E-state index >= 15 is 0 Å². The van der Waals surface area contributed by atoms with Crippen molar-refractivity contribution < 1.29 is 4.79 Å². The van der Waals surface area contributed by atoms with E-state index in [0.29, 0.717) is 17.9 Å². The fourth-order valence-electron chi connectivity index (χ4n) is 2.27. The van der Waals surface area contributed by atoms with Crippen LogP contribution in [-0.4, -0.2) is 37.0 Å². The van der Waals surface area contributed by atoms with Gasteiger partial charge in [-0.25, -0.2) is 0 Å². The summed E-state index contributed by atoms with van der Waals surface area (Å²) in [6, 6.07) is 0.646. The van der Waals surface area contributed by atoms with Crippen LogP contribution in [0.1, 0.15) is 38.5 Å². The summed E-state index contributed by atoms with van der Waals surface area (Å²) in [6.45, 7) is 2.08. The van der Waals surface area contributed by atoms with Crippen LogP contribution in [0.5, 0.6) is 0 Å². The van der Waals surface area contributed by atoms with Gasteiger partial charge < -0.3 is 10.2 Å². The van der Waals surface area contributed by atoms with Crippen molar-refractivity contribution in [2.24, 2.45) is 5.92 Å². The topological polar surface area (TPSA) is 32.3 Å². The van der Waals surface area contributed by atoms with E-state index in [1.165, 1.54) is 19.3 Å². The Bertz CT molecular complexity index is 220. The van der Waals surface area contributed by atoms with Crippen LogP contribution in [0.4, 0.5) is 0 Å². The van der Waals surface area contributed by atoms with Gasteiger partial charge >= 0.3 is 0 Å². The average Bonchev–Trinajstić information content (AvgIpc) is 3.10. The Labute approximate surface area is 92.2 Å². The molecule has 0 radical (unpaired) electrons. The first kappa shape index (κ1) is 10.9. The maximum Gasteiger partial charge on any atom is 0.225 e. The van der Waals surface area contributed by atoms with Crippen LogP contribution < -0.4 is 5.32 Å². The molecule has 15 heavy (non-hydrogen) atoms. The highest BCUT2D eigenvalue weighted by Crippen LogP contribution is 2.30. The van der Waals surface area contributed by atoms with Gasteiger partial charge in [-0.05, 0) is 38.6 Å². The third kappa shape index (κ3) is 3.20. The molecule has 2 rings (SSSR count). The van der Waals surface area contributed by atoms with Crippen LogP contribution in [0.2, 0.25) is 0 Å². The number of piperidine rings is 1. The molecule has 3 nitrogen and oxygen atoms in total. The molecule has 2 aliphatic rings. The van der Waals surface area contributed by atoms with Gasteiger partial charge in [-0.2, -0.15) is 0 Å². The van der Waals surface area contributed by atoms with E-state index in [2.05, 4.69) is 5.32 Å². The lowest BCUT2D eigenvalue weighted by atomic mass is 10.0. The van der Waals surface area contributed by atoms with E-state index in [4.69, 9.17) is 0 Å². The maximum atomic E-state index is 11.7. The number of hydrogen-bond acceptors (Lipinski definition) is 2. The third-order valence-electron chi connectivity index (χ3n) is 3.53. The summed E-state index contributed by atoms with van der Waals surface area (Å²) in [5.41, 5.74) is 0. The number of nitrogens with zero attached hydrogens (tertiary/aromatic N) is 1. The molecule has 0 aromatic rings. The van der Waals surface area contributed by atoms with Crippen molar-refractivity contribution in [3.8, 4) is 0 Å². The van der Waals surface area contributed by atoms with Crippen LogP contribution in [0, 0.1) is 5.92 Å². The lowest BCUT2D eigenvalue weighted by Gasteiger charge is -2.26. The Morgan fingerprint density at radius 3 is 2.73 bits per heavy atom. The lowest BCUT2D eigenvalue weighted by Crippen LogP contribution is -2.38. The van der Waals surface area contributed by atoms with Crippen molar-refractivity contribution >= 4 is 5.91 Å². The number of nitrogens with one attached hydrogen (secondary N) is 1. The van der Waals surface area contributed by atoms with Crippen LogP contribution in [0.25, 0.3) is 0 Å². The molecule has 3 heteroatoms. The summed E-state index contributed by atoms with van der Waals surface area (Å²) in [7, 11) is 1.95. The molecule has 1 amide bonds. The zero-order valence-electron chi connectivity index (χ0n) is 9.67. The second-order valence-corrected chi connectivity index (χ2v) is 4.97. The second kappa shape index (κ2) is 4.97. The Balaban J connectivity index is 1.65. The zero-order chi connectivity index (χ0) is 10.7. The van der Waals surface area contributed by atoms with Gasteiger partial charge in [-0.1, -0.05) is 6.42 Å². The summed E-state index contributed by atoms with van der Waals surface area (Å²) in [5.74, 6) is 0.736. The number of amides is 1. The van der Waals surface area contributed by atoms with E-state index in [-0.39, 0.29) is 0 Å². The van der Waals surface area contributed by atoms with Crippen molar-refractivity contribution in [2.75, 3.05) is 20.1 Å². The van der Waals surface area contributed by atoms with Crippen LogP contribution in [0.3, 0.4) is 0 Å². The van der Waals surface area contributed by atoms with Crippen molar-refractivity contribution in [1.29, 1.82) is 0 Å². The molecular weight excluding hydrogens is 188 g/mol. The standard InChI is InChI=1S/C12H22N2O/c1-14(12(15)10-5-6-10)9-7-11-4-2-3-8-13-11/h10-11,13H,2-9H2,1H3. The SMILES string of the molecule is CN(CCC1CCCCN1)C(=O)C1CC1. The Hall–Kier alpha value is -0.570. The summed E-state index contributed by atoms with van der Waals surface area (Å²) in [5, 5.41) is 3.52. The fourth-order valence-corrected chi connectivity index (χ4v) is 2.27. The van der Waals surface area contributed by atoms with Crippen molar-refractivity contribution in [2.45, 2.75) is 44.6 Å². The Morgan fingerprint density at radius 1 is 1.33 bits per heavy atom. The first-order valence-corrected chi connectivity index (χ1v) is 6.26. The largest absolute Gasteiger partial charge is 0.345 e. The van der Waals surface area contributed by atoms with Crippen molar-refractivity contribution in [3.05, 3.63) is 0 Å². The molecule has 0 spiro atoms. The molecule has 2 fully saturated rings. The predicted molar refractivity (Wildman–Crippen MR) is 60.6 cm³/mol. The molecule has 1 saturated carbocycles. The smallest absolute Gasteiger partial charge is 0.225 e. The molecule has 0 bridgehead atoms. The highest BCUT2D eigenvalue weighted by Gasteiger charge is 2.31. The minimum Gasteiger partial charge on any atom is -0.345 e. The number of carbonyl (C=O) groups excluding carboxylic acids is 1. The van der Waals surface area contributed by atoms with E-state index in [1.54, 1.807) is 0 Å². The molecular formula is C12H22N2O. The molecule has 1 aliphatic heterocycles. The van der Waals surface area contributed by atoms with Crippen LogP contribution >= 0.6 is 0 Å². The van der Waals surface area contributed by atoms with Gasteiger partial charge in [0.2, 0.25) is 5.91 Å². The molecule has 0 aromatic heterocycles. The van der Waals surface area contributed by atoms with Gasteiger partial charge in [0, 0.05) is 25.6 Å². The molecule has 1 unspecified atom stereocenters. The average molecular weight is 210 g/mol. The molecule has 1 saturated heterocycles. The van der Waals surface area contributed by atoms with E-state index in [9.17, 15) is 4.79 Å². The van der Waals surface area contributed by atoms with Gasteiger partial charge in [0.05, 0.1) is 0 Å². The molecule has 86 valence electrons. The minimum absolute atomic E-state index is 0.366. The van der Waals surface area contributed by atoms with Gasteiger partial charge in [0.15, 0.2) is 0 Å². The summed E-state index contributed by atoms with van der Waals surface area (Å²) >= 11 is 0. The first-order valence-electron chi connectivity index (χ1n) is 6.26. The van der Waals surface area contributed by atoms with Crippen molar-refractivity contribution in [3.63, 3.8) is 0 Å². The summed E-state index contributed by atoms with van der Waals surface area (Å²) in [4.78, 5) is 13.6. The lowest BCUT2D eigenvalue weighted by molar-refractivity contribution is -0.131. The normalized spacial score (nSPS) is 26.3. The van der Waals surface area contributed by atoms with Crippen LogP contribution in [-0.2, 0) is 4.79 Å². The highest BCUT2D eigenvalue weighted by molar-refractivity contribution is 5.80. The highest BCUT2D eigenvalue weighted by atomic mass is 16.2. The van der Waals surface area contributed by atoms with Gasteiger partial charge in [0.25, 0.3) is 0 Å². The van der Waals surface area contributed by atoms with E-state index in [0.717, 1.165) is 32.4 Å². The monoisotopic (exact) mass is 210 g/mol. The molecule has 1 heterocycles. The Kier molecular flexibility index (Phi) is 3.62. The minimum atomic E-state index is 0.366. The first-order chi connectivity index (χ1) is 7.27. The van der Waals surface area contributed by atoms with E-state index < -0.39 is 0 Å².